The molecule has 0 radical (unpaired) electrons. The van der Waals surface area contributed by atoms with Gasteiger partial charge in [-0.1, -0.05) is 28.3 Å². The molecule has 0 N–H and O–H groups in total. The van der Waals surface area contributed by atoms with Crippen molar-refractivity contribution in [2.24, 2.45) is 5.11 Å². The molecule has 26 heavy (non-hydrogen) atoms. The number of nitrogens with zero attached hydrogens (tertiary/aromatic N) is 7. The molecule has 0 spiro atoms. The van der Waals surface area contributed by atoms with Crippen LogP contribution in [0.3, 0.4) is 0 Å². The summed E-state index contributed by atoms with van der Waals surface area (Å²) in [5.41, 5.74) is 8.68. The Morgan fingerprint density at radius 2 is 2.12 bits per heavy atom. The lowest BCUT2D eigenvalue weighted by atomic mass is 10.1. The summed E-state index contributed by atoms with van der Waals surface area (Å²) in [6.07, 6.45) is -0.410. The van der Waals surface area contributed by atoms with Crippen LogP contribution in [0.25, 0.3) is 10.4 Å². The van der Waals surface area contributed by atoms with Crippen LogP contribution >= 0.6 is 23.2 Å². The van der Waals surface area contributed by atoms with Crippen LogP contribution in [0.4, 0.5) is 10.5 Å². The molecular weight excluding hydrogens is 381 g/mol. The van der Waals surface area contributed by atoms with Gasteiger partial charge in [0.25, 0.3) is 0 Å². The molecule has 2 rings (SSSR count). The van der Waals surface area contributed by atoms with Gasteiger partial charge < -0.3 is 14.5 Å². The summed E-state index contributed by atoms with van der Waals surface area (Å²) in [6, 6.07) is 1.15. The number of azide groups is 1. The van der Waals surface area contributed by atoms with Crippen LogP contribution in [0, 0.1) is 0 Å². The van der Waals surface area contributed by atoms with E-state index in [2.05, 4.69) is 20.2 Å². The first-order chi connectivity index (χ1) is 12.1. The molecule has 1 saturated heterocycles. The lowest BCUT2D eigenvalue weighted by molar-refractivity contribution is 0.0127. The van der Waals surface area contributed by atoms with E-state index in [9.17, 15) is 4.79 Å². The van der Waals surface area contributed by atoms with Crippen molar-refractivity contribution >= 4 is 35.0 Å². The maximum Gasteiger partial charge on any atom is 0.410 e. The molecule has 0 saturated carbocycles. The lowest BCUT2D eigenvalue weighted by Gasteiger charge is -2.46. The fourth-order valence-corrected chi connectivity index (χ4v) is 3.08. The molecule has 1 aliphatic rings. The van der Waals surface area contributed by atoms with E-state index in [0.29, 0.717) is 18.8 Å². The molecule has 0 aliphatic carbocycles. The summed E-state index contributed by atoms with van der Waals surface area (Å²) >= 11 is 12.1. The molecule has 11 heteroatoms. The molecule has 9 nitrogen and oxygen atoms in total. The number of anilines is 1. The van der Waals surface area contributed by atoms with Crippen LogP contribution in [-0.4, -0.2) is 58.5 Å². The minimum atomic E-state index is -0.597. The molecule has 1 fully saturated rings. The predicted octanol–water partition coefficient (Wildman–Crippen LogP) is 3.91. The Morgan fingerprint density at radius 1 is 1.42 bits per heavy atom. The number of rotatable bonds is 3. The lowest BCUT2D eigenvalue weighted by Crippen LogP contribution is -2.60. The molecule has 1 amide bonds. The molecule has 2 atom stereocenters. The van der Waals surface area contributed by atoms with Crippen LogP contribution in [0.1, 0.15) is 27.7 Å². The van der Waals surface area contributed by atoms with Crippen LogP contribution in [-0.2, 0) is 4.74 Å². The van der Waals surface area contributed by atoms with Crippen LogP contribution in [0.5, 0.6) is 0 Å². The Balaban J connectivity index is 2.30. The van der Waals surface area contributed by atoms with E-state index >= 15 is 0 Å². The Bertz CT molecular complexity index is 718. The molecule has 1 aliphatic heterocycles. The van der Waals surface area contributed by atoms with Crippen molar-refractivity contribution in [2.75, 3.05) is 24.5 Å². The summed E-state index contributed by atoms with van der Waals surface area (Å²) in [7, 11) is 0. The number of halogens is 2. The van der Waals surface area contributed by atoms with Gasteiger partial charge in [0.1, 0.15) is 5.60 Å². The zero-order valence-corrected chi connectivity index (χ0v) is 16.6. The van der Waals surface area contributed by atoms with Crippen molar-refractivity contribution in [1.29, 1.82) is 0 Å². The molecular formula is C15H21Cl2N7O2. The van der Waals surface area contributed by atoms with Crippen molar-refractivity contribution in [1.82, 2.24) is 15.1 Å². The standard InChI is InChI=1S/C15H21Cl2N7O2/c1-9-7-24(11-5-12(16)20-21-13(11)17)10(6-19-22-18)8-23(9)14(25)26-15(2,3)4/h5,9-10H,6-8H2,1-4H3. The Labute approximate surface area is 161 Å². The topological polar surface area (TPSA) is 107 Å². The van der Waals surface area contributed by atoms with Gasteiger partial charge in [-0.3, -0.25) is 0 Å². The maximum absolute atomic E-state index is 12.5. The van der Waals surface area contributed by atoms with Gasteiger partial charge in [-0.25, -0.2) is 4.79 Å². The summed E-state index contributed by atoms with van der Waals surface area (Å²) in [4.78, 5) is 18.9. The minimum Gasteiger partial charge on any atom is -0.444 e. The first-order valence-electron chi connectivity index (χ1n) is 8.08. The van der Waals surface area contributed by atoms with E-state index in [0.717, 1.165) is 0 Å². The smallest absolute Gasteiger partial charge is 0.410 e. The van der Waals surface area contributed by atoms with E-state index in [1.165, 1.54) is 0 Å². The highest BCUT2D eigenvalue weighted by atomic mass is 35.5. The third kappa shape index (κ3) is 5.03. The Morgan fingerprint density at radius 3 is 2.73 bits per heavy atom. The van der Waals surface area contributed by atoms with Gasteiger partial charge in [-0.2, -0.15) is 0 Å². The van der Waals surface area contributed by atoms with Crippen molar-refractivity contribution in [2.45, 2.75) is 45.4 Å². The summed E-state index contributed by atoms with van der Waals surface area (Å²) in [5, 5.41) is 11.6. The molecule has 1 aromatic rings. The Kier molecular flexibility index (Phi) is 6.39. The summed E-state index contributed by atoms with van der Waals surface area (Å²) < 4.78 is 5.48. The van der Waals surface area contributed by atoms with Gasteiger partial charge >= 0.3 is 6.09 Å². The van der Waals surface area contributed by atoms with Gasteiger partial charge in [0.05, 0.1) is 11.7 Å². The second kappa shape index (κ2) is 8.16. The van der Waals surface area contributed by atoms with E-state index in [1.807, 2.05) is 32.6 Å². The molecule has 0 bridgehead atoms. The van der Waals surface area contributed by atoms with E-state index in [4.69, 9.17) is 33.5 Å². The van der Waals surface area contributed by atoms with Crippen LogP contribution < -0.4 is 4.90 Å². The predicted molar refractivity (Wildman–Crippen MR) is 99.6 cm³/mol. The quantitative estimate of drug-likeness (QED) is 0.433. The number of amides is 1. The number of carbonyl (C=O) groups is 1. The highest BCUT2D eigenvalue weighted by Gasteiger charge is 2.37. The number of piperazine rings is 1. The van der Waals surface area contributed by atoms with Gasteiger partial charge in [-0.05, 0) is 33.2 Å². The third-order valence-corrected chi connectivity index (χ3v) is 4.29. The first-order valence-corrected chi connectivity index (χ1v) is 8.84. The van der Waals surface area contributed by atoms with Crippen molar-refractivity contribution < 1.29 is 9.53 Å². The molecule has 2 unspecified atom stereocenters. The number of carbonyl (C=O) groups excluding carboxylic acids is 1. The normalized spacial score (nSPS) is 20.5. The van der Waals surface area contributed by atoms with Gasteiger partial charge in [-0.15, -0.1) is 10.2 Å². The molecule has 0 aromatic carbocycles. The van der Waals surface area contributed by atoms with Gasteiger partial charge in [0.2, 0.25) is 0 Å². The highest BCUT2D eigenvalue weighted by molar-refractivity contribution is 6.33. The zero-order valence-electron chi connectivity index (χ0n) is 15.1. The van der Waals surface area contributed by atoms with Crippen LogP contribution in [0.2, 0.25) is 10.3 Å². The highest BCUT2D eigenvalue weighted by Crippen LogP contribution is 2.31. The number of hydrogen-bond donors (Lipinski definition) is 0. The average molecular weight is 402 g/mol. The van der Waals surface area contributed by atoms with Gasteiger partial charge in [0, 0.05) is 36.7 Å². The SMILES string of the molecule is CC1CN(c2cc(Cl)nnc2Cl)C(CN=[N+]=[N-])CN1C(=O)OC(C)(C)C. The zero-order chi connectivity index (χ0) is 19.5. The van der Waals surface area contributed by atoms with Gasteiger partial charge in [0.15, 0.2) is 10.3 Å². The number of ether oxygens (including phenoxy) is 1. The van der Waals surface area contributed by atoms with E-state index < -0.39 is 11.7 Å². The van der Waals surface area contributed by atoms with Crippen molar-refractivity contribution in [3.05, 3.63) is 26.8 Å². The first kappa shape index (κ1) is 20.4. The summed E-state index contributed by atoms with van der Waals surface area (Å²) in [5.74, 6) is 0. The second-order valence-corrected chi connectivity index (χ2v) is 7.79. The molecule has 142 valence electrons. The van der Waals surface area contributed by atoms with E-state index in [-0.39, 0.29) is 28.9 Å². The summed E-state index contributed by atoms with van der Waals surface area (Å²) in [6.45, 7) is 8.26. The minimum absolute atomic E-state index is 0.152. The Hall–Kier alpha value is -1.96. The fraction of sp³-hybridized carbons (Fsp3) is 0.667. The third-order valence-electron chi connectivity index (χ3n) is 3.83. The number of hydrogen-bond acceptors (Lipinski definition) is 6. The monoisotopic (exact) mass is 401 g/mol. The van der Waals surface area contributed by atoms with E-state index in [1.54, 1.807) is 11.0 Å². The maximum atomic E-state index is 12.5. The average Bonchev–Trinajstić information content (AvgIpc) is 2.54. The molecule has 2 heterocycles. The number of aromatic nitrogens is 2. The largest absolute Gasteiger partial charge is 0.444 e. The van der Waals surface area contributed by atoms with Crippen molar-refractivity contribution in [3.63, 3.8) is 0 Å². The van der Waals surface area contributed by atoms with Crippen LogP contribution in [0.15, 0.2) is 11.2 Å². The van der Waals surface area contributed by atoms with Crippen molar-refractivity contribution in [3.8, 4) is 0 Å². The fourth-order valence-electron chi connectivity index (χ4n) is 2.74. The second-order valence-electron chi connectivity index (χ2n) is 7.04. The molecule has 1 aromatic heterocycles.